The Hall–Kier alpha value is -2.25. The van der Waals surface area contributed by atoms with Crippen LogP contribution in [0, 0.1) is 0 Å². The molecular weight excluding hydrogens is 412 g/mol. The molecule has 2 aromatic carbocycles. The third-order valence-electron chi connectivity index (χ3n) is 5.43. The summed E-state index contributed by atoms with van der Waals surface area (Å²) in [5.74, 6) is 0.101. The van der Waals surface area contributed by atoms with E-state index < -0.39 is 16.1 Å². The number of anilines is 1. The van der Waals surface area contributed by atoms with Crippen LogP contribution in [0.1, 0.15) is 36.4 Å². The van der Waals surface area contributed by atoms with Crippen molar-refractivity contribution >= 4 is 33.2 Å². The van der Waals surface area contributed by atoms with E-state index in [1.54, 1.807) is 18.2 Å². The van der Waals surface area contributed by atoms with E-state index in [-0.39, 0.29) is 24.9 Å². The van der Waals surface area contributed by atoms with E-state index in [1.807, 2.05) is 12.1 Å². The van der Waals surface area contributed by atoms with Crippen molar-refractivity contribution in [3.05, 3.63) is 58.6 Å². The van der Waals surface area contributed by atoms with Gasteiger partial charge in [-0.25, -0.2) is 8.42 Å². The highest BCUT2D eigenvalue weighted by molar-refractivity contribution is 7.92. The highest BCUT2D eigenvalue weighted by Gasteiger charge is 2.33. The first-order chi connectivity index (χ1) is 13.8. The van der Waals surface area contributed by atoms with Gasteiger partial charge in [0.25, 0.3) is 5.91 Å². The lowest BCUT2D eigenvalue weighted by Gasteiger charge is -2.28. The van der Waals surface area contributed by atoms with Crippen LogP contribution in [0.5, 0.6) is 5.75 Å². The van der Waals surface area contributed by atoms with Gasteiger partial charge in [-0.1, -0.05) is 35.9 Å². The molecule has 29 heavy (non-hydrogen) atoms. The highest BCUT2D eigenvalue weighted by Crippen LogP contribution is 2.37. The smallest absolute Gasteiger partial charge is 0.261 e. The lowest BCUT2D eigenvalue weighted by Crippen LogP contribution is -2.42. The van der Waals surface area contributed by atoms with E-state index >= 15 is 0 Å². The molecule has 0 spiro atoms. The van der Waals surface area contributed by atoms with Crippen molar-refractivity contribution in [2.45, 2.75) is 37.8 Å². The van der Waals surface area contributed by atoms with Crippen LogP contribution in [-0.2, 0) is 21.2 Å². The van der Waals surface area contributed by atoms with Crippen LogP contribution in [0.3, 0.4) is 0 Å². The summed E-state index contributed by atoms with van der Waals surface area (Å²) in [5, 5.41) is 3.52. The SMILES string of the molecule is CS(=O)(=O)N1CC[C@@H](C(=O)N[C@@H]2CCCc3ccccc32)Oc2ccc(Cl)cc21. The van der Waals surface area contributed by atoms with E-state index in [9.17, 15) is 13.2 Å². The van der Waals surface area contributed by atoms with E-state index in [1.165, 1.54) is 9.87 Å². The van der Waals surface area contributed by atoms with Crippen molar-refractivity contribution in [2.24, 2.45) is 0 Å². The fourth-order valence-corrected chi connectivity index (χ4v) is 5.15. The van der Waals surface area contributed by atoms with Gasteiger partial charge in [-0.15, -0.1) is 0 Å². The molecular formula is C21H23ClN2O4S. The van der Waals surface area contributed by atoms with Gasteiger partial charge in [0.15, 0.2) is 6.10 Å². The maximum absolute atomic E-state index is 13.0. The van der Waals surface area contributed by atoms with Gasteiger partial charge in [0, 0.05) is 18.0 Å². The van der Waals surface area contributed by atoms with Crippen LogP contribution in [0.2, 0.25) is 5.02 Å². The highest BCUT2D eigenvalue weighted by atomic mass is 35.5. The number of benzene rings is 2. The summed E-state index contributed by atoms with van der Waals surface area (Å²) in [4.78, 5) is 13.0. The van der Waals surface area contributed by atoms with Gasteiger partial charge in [-0.3, -0.25) is 9.10 Å². The minimum Gasteiger partial charge on any atom is -0.478 e. The minimum atomic E-state index is -3.53. The standard InChI is InChI=1S/C21H23ClN2O4S/c1-29(26,27)24-12-11-20(28-19-10-9-15(22)13-18(19)24)21(25)23-17-8-4-6-14-5-2-3-7-16(14)17/h2-3,5,7,9-10,13,17,20H,4,6,8,11-12H2,1H3,(H,23,25)/t17-,20+/m1/s1. The van der Waals surface area contributed by atoms with Gasteiger partial charge < -0.3 is 10.1 Å². The quantitative estimate of drug-likeness (QED) is 0.802. The lowest BCUT2D eigenvalue weighted by atomic mass is 9.87. The van der Waals surface area contributed by atoms with Crippen molar-refractivity contribution in [1.82, 2.24) is 5.32 Å². The number of amides is 1. The molecule has 1 N–H and O–H groups in total. The second kappa shape index (κ2) is 7.88. The number of carbonyl (C=O) groups excluding carboxylic acids is 1. The first-order valence-corrected chi connectivity index (χ1v) is 11.9. The van der Waals surface area contributed by atoms with Gasteiger partial charge in [0.2, 0.25) is 10.0 Å². The number of halogens is 1. The molecule has 6 nitrogen and oxygen atoms in total. The second-order valence-corrected chi connectivity index (χ2v) is 9.84. The second-order valence-electron chi connectivity index (χ2n) is 7.49. The molecule has 4 rings (SSSR count). The van der Waals surface area contributed by atoms with Crippen molar-refractivity contribution in [1.29, 1.82) is 0 Å². The maximum Gasteiger partial charge on any atom is 0.261 e. The lowest BCUT2D eigenvalue weighted by molar-refractivity contribution is -0.129. The summed E-state index contributed by atoms with van der Waals surface area (Å²) < 4.78 is 31.7. The Balaban J connectivity index is 1.57. The van der Waals surface area contributed by atoms with E-state index in [4.69, 9.17) is 16.3 Å². The molecule has 1 heterocycles. The van der Waals surface area contributed by atoms with Gasteiger partial charge in [0.1, 0.15) is 5.75 Å². The zero-order valence-corrected chi connectivity index (χ0v) is 17.7. The van der Waals surface area contributed by atoms with Crippen LogP contribution in [0.4, 0.5) is 5.69 Å². The fraction of sp³-hybridized carbons (Fsp3) is 0.381. The predicted octanol–water partition coefficient (Wildman–Crippen LogP) is 3.45. The Morgan fingerprint density at radius 3 is 2.79 bits per heavy atom. The zero-order chi connectivity index (χ0) is 20.6. The van der Waals surface area contributed by atoms with Crippen LogP contribution in [0.15, 0.2) is 42.5 Å². The summed E-state index contributed by atoms with van der Waals surface area (Å²) >= 11 is 6.06. The number of sulfonamides is 1. The molecule has 1 aliphatic carbocycles. The summed E-state index contributed by atoms with van der Waals surface area (Å²) in [7, 11) is -3.53. The number of fused-ring (bicyclic) bond motifs is 2. The van der Waals surface area contributed by atoms with Crippen LogP contribution < -0.4 is 14.4 Å². The zero-order valence-electron chi connectivity index (χ0n) is 16.1. The molecule has 1 amide bonds. The van der Waals surface area contributed by atoms with E-state index in [0.717, 1.165) is 31.1 Å². The third-order valence-corrected chi connectivity index (χ3v) is 6.85. The maximum atomic E-state index is 13.0. The van der Waals surface area contributed by atoms with E-state index in [2.05, 4.69) is 17.4 Å². The first-order valence-electron chi connectivity index (χ1n) is 9.65. The number of ether oxygens (including phenoxy) is 1. The Labute approximate surface area is 175 Å². The molecule has 0 fully saturated rings. The molecule has 2 aliphatic rings. The molecule has 0 radical (unpaired) electrons. The normalized spacial score (nSPS) is 21.4. The Morgan fingerprint density at radius 1 is 1.21 bits per heavy atom. The average Bonchev–Trinajstić information content (AvgIpc) is 2.87. The van der Waals surface area contributed by atoms with Crippen LogP contribution in [0.25, 0.3) is 0 Å². The molecule has 0 unspecified atom stereocenters. The average molecular weight is 435 g/mol. The van der Waals surface area contributed by atoms with Crippen molar-refractivity contribution in [2.75, 3.05) is 17.1 Å². The molecule has 0 saturated carbocycles. The van der Waals surface area contributed by atoms with Gasteiger partial charge >= 0.3 is 0 Å². The van der Waals surface area contributed by atoms with Crippen LogP contribution >= 0.6 is 11.6 Å². The number of nitrogens with one attached hydrogen (secondary N) is 1. The Kier molecular flexibility index (Phi) is 5.44. The van der Waals surface area contributed by atoms with Crippen molar-refractivity contribution in [3.63, 3.8) is 0 Å². The topological polar surface area (TPSA) is 75.7 Å². The molecule has 0 bridgehead atoms. The number of nitrogens with zero attached hydrogens (tertiary/aromatic N) is 1. The molecule has 154 valence electrons. The largest absolute Gasteiger partial charge is 0.478 e. The minimum absolute atomic E-state index is 0.0602. The van der Waals surface area contributed by atoms with Crippen LogP contribution in [-0.4, -0.2) is 33.2 Å². The van der Waals surface area contributed by atoms with Crippen molar-refractivity contribution < 1.29 is 17.9 Å². The number of aryl methyl sites for hydroxylation is 1. The monoisotopic (exact) mass is 434 g/mol. The molecule has 2 atom stereocenters. The fourth-order valence-electron chi connectivity index (χ4n) is 4.05. The Morgan fingerprint density at radius 2 is 2.00 bits per heavy atom. The Bertz CT molecular complexity index is 1040. The first kappa shape index (κ1) is 20.0. The number of rotatable bonds is 3. The summed E-state index contributed by atoms with van der Waals surface area (Å²) in [5.41, 5.74) is 2.76. The molecule has 1 aliphatic heterocycles. The van der Waals surface area contributed by atoms with Crippen molar-refractivity contribution in [3.8, 4) is 5.75 Å². The summed E-state index contributed by atoms with van der Waals surface area (Å²) in [6.07, 6.45) is 3.50. The number of carbonyl (C=O) groups is 1. The van der Waals surface area contributed by atoms with Gasteiger partial charge in [-0.05, 0) is 48.6 Å². The molecule has 8 heteroatoms. The summed E-state index contributed by atoms with van der Waals surface area (Å²) in [6.45, 7) is 0.144. The van der Waals surface area contributed by atoms with E-state index in [0.29, 0.717) is 16.5 Å². The predicted molar refractivity (Wildman–Crippen MR) is 113 cm³/mol. The molecule has 0 saturated heterocycles. The molecule has 2 aromatic rings. The number of hydrogen-bond donors (Lipinski definition) is 1. The summed E-state index contributed by atoms with van der Waals surface area (Å²) in [6, 6.07) is 12.9. The third kappa shape index (κ3) is 4.21. The van der Waals surface area contributed by atoms with Gasteiger partial charge in [-0.2, -0.15) is 0 Å². The molecule has 0 aromatic heterocycles. The van der Waals surface area contributed by atoms with Gasteiger partial charge in [0.05, 0.1) is 18.0 Å². The number of hydrogen-bond acceptors (Lipinski definition) is 4.